The van der Waals surface area contributed by atoms with Crippen molar-refractivity contribution in [1.29, 1.82) is 0 Å². The van der Waals surface area contributed by atoms with Crippen molar-refractivity contribution in [3.63, 3.8) is 0 Å². The Morgan fingerprint density at radius 3 is 2.55 bits per heavy atom. The van der Waals surface area contributed by atoms with Gasteiger partial charge in [0.2, 0.25) is 0 Å². The smallest absolute Gasteiger partial charge is 0.123 e. The number of phenolic OH excluding ortho intramolecular Hbond substituents is 1. The van der Waals surface area contributed by atoms with Crippen molar-refractivity contribution in [1.82, 2.24) is 0 Å². The molecule has 2 aliphatic heterocycles. The Labute approximate surface area is 168 Å². The van der Waals surface area contributed by atoms with Gasteiger partial charge in [-0.3, -0.25) is 0 Å². The minimum Gasteiger partial charge on any atom is -0.508 e. The molecule has 29 heavy (non-hydrogen) atoms. The summed E-state index contributed by atoms with van der Waals surface area (Å²) in [4.78, 5) is 0. The highest BCUT2D eigenvalue weighted by Gasteiger charge is 2.44. The van der Waals surface area contributed by atoms with Gasteiger partial charge < -0.3 is 35.0 Å². The molecule has 0 aromatic heterocycles. The van der Waals surface area contributed by atoms with E-state index in [-0.39, 0.29) is 11.9 Å². The van der Waals surface area contributed by atoms with Crippen molar-refractivity contribution in [2.24, 2.45) is 0 Å². The van der Waals surface area contributed by atoms with E-state index in [1.807, 2.05) is 19.1 Å². The Balaban J connectivity index is 1.54. The average molecular weight is 402 g/mol. The number of aromatic hydroxyl groups is 1. The van der Waals surface area contributed by atoms with Crippen LogP contribution in [0.4, 0.5) is 0 Å². The second-order valence-corrected chi connectivity index (χ2v) is 7.90. The van der Waals surface area contributed by atoms with Gasteiger partial charge in [0, 0.05) is 18.4 Å². The van der Waals surface area contributed by atoms with E-state index >= 15 is 0 Å². The molecule has 0 radical (unpaired) electrons. The van der Waals surface area contributed by atoms with Gasteiger partial charge in [0.25, 0.3) is 0 Å². The van der Waals surface area contributed by atoms with E-state index in [0.717, 1.165) is 17.7 Å². The normalized spacial score (nSPS) is 31.3. The average Bonchev–Trinajstić information content (AvgIpc) is 3.09. The van der Waals surface area contributed by atoms with Crippen molar-refractivity contribution in [3.8, 4) is 11.5 Å². The molecule has 3 unspecified atom stereocenters. The molecule has 2 aromatic carbocycles. The van der Waals surface area contributed by atoms with Gasteiger partial charge in [-0.05, 0) is 36.2 Å². The van der Waals surface area contributed by atoms with Gasteiger partial charge >= 0.3 is 0 Å². The van der Waals surface area contributed by atoms with E-state index in [4.69, 9.17) is 9.47 Å². The molecular formula is C22H26O7. The standard InChI is InChI=1S/C22H26O7/c1-11-2-5-17-13(6-11)9-14(28-17)7-12-3-4-16(24)15(8-12)22-21(27)20(26)19(25)18(10-23)29-22/h2-6,8,14,18-27H,7,9-10H2,1H3/t14?,18?,19-,20?,21-,22+/m1/s1. The number of fused-ring (bicyclic) bond motifs is 1. The van der Waals surface area contributed by atoms with Crippen LogP contribution in [0.1, 0.15) is 28.4 Å². The first-order valence-corrected chi connectivity index (χ1v) is 9.76. The van der Waals surface area contributed by atoms with Gasteiger partial charge in [-0.25, -0.2) is 0 Å². The Kier molecular flexibility index (Phi) is 5.50. The van der Waals surface area contributed by atoms with Gasteiger partial charge in [-0.15, -0.1) is 0 Å². The van der Waals surface area contributed by atoms with E-state index in [2.05, 4.69) is 6.07 Å². The number of ether oxygens (including phenoxy) is 2. The summed E-state index contributed by atoms with van der Waals surface area (Å²) in [6.07, 6.45) is -5.14. The molecule has 0 bridgehead atoms. The topological polar surface area (TPSA) is 120 Å². The van der Waals surface area contributed by atoms with Crippen molar-refractivity contribution in [2.45, 2.75) is 56.4 Å². The van der Waals surface area contributed by atoms with Crippen LogP contribution < -0.4 is 4.74 Å². The van der Waals surface area contributed by atoms with Crippen LogP contribution in [-0.4, -0.2) is 62.7 Å². The number of aliphatic hydroxyl groups excluding tert-OH is 4. The Morgan fingerprint density at radius 2 is 1.79 bits per heavy atom. The summed E-state index contributed by atoms with van der Waals surface area (Å²) in [6.45, 7) is 1.52. The molecule has 1 saturated heterocycles. The molecule has 0 saturated carbocycles. The van der Waals surface area contributed by atoms with Gasteiger partial charge in [0.15, 0.2) is 0 Å². The molecule has 7 nitrogen and oxygen atoms in total. The number of phenols is 1. The molecule has 0 amide bonds. The first-order valence-electron chi connectivity index (χ1n) is 9.76. The predicted octanol–water partition coefficient (Wildman–Crippen LogP) is 0.762. The zero-order chi connectivity index (χ0) is 20.7. The molecule has 5 N–H and O–H groups in total. The van der Waals surface area contributed by atoms with Crippen LogP contribution in [0, 0.1) is 6.92 Å². The lowest BCUT2D eigenvalue weighted by atomic mass is 9.89. The lowest BCUT2D eigenvalue weighted by Gasteiger charge is -2.40. The first-order chi connectivity index (χ1) is 13.9. The summed E-state index contributed by atoms with van der Waals surface area (Å²) >= 11 is 0. The maximum Gasteiger partial charge on any atom is 0.123 e. The molecular weight excluding hydrogens is 376 g/mol. The fraction of sp³-hybridized carbons (Fsp3) is 0.455. The van der Waals surface area contributed by atoms with Crippen LogP contribution in [0.2, 0.25) is 0 Å². The molecule has 2 aliphatic rings. The summed E-state index contributed by atoms with van der Waals surface area (Å²) < 4.78 is 11.6. The summed E-state index contributed by atoms with van der Waals surface area (Å²) in [7, 11) is 0. The zero-order valence-electron chi connectivity index (χ0n) is 16.1. The molecule has 4 rings (SSSR count). The summed E-state index contributed by atoms with van der Waals surface area (Å²) in [6, 6.07) is 11.1. The van der Waals surface area contributed by atoms with E-state index in [9.17, 15) is 25.5 Å². The van der Waals surface area contributed by atoms with Crippen LogP contribution in [0.5, 0.6) is 11.5 Å². The molecule has 1 fully saturated rings. The van der Waals surface area contributed by atoms with E-state index in [1.165, 1.54) is 17.2 Å². The minimum atomic E-state index is -1.50. The molecule has 2 aromatic rings. The Morgan fingerprint density at radius 1 is 1.00 bits per heavy atom. The fourth-order valence-electron chi connectivity index (χ4n) is 4.14. The monoisotopic (exact) mass is 402 g/mol. The van der Waals surface area contributed by atoms with Crippen LogP contribution >= 0.6 is 0 Å². The molecule has 7 heteroatoms. The molecule has 0 aliphatic carbocycles. The highest BCUT2D eigenvalue weighted by Crippen LogP contribution is 2.38. The van der Waals surface area contributed by atoms with E-state index in [0.29, 0.717) is 12.0 Å². The predicted molar refractivity (Wildman–Crippen MR) is 104 cm³/mol. The molecule has 0 spiro atoms. The summed E-state index contributed by atoms with van der Waals surface area (Å²) in [5.74, 6) is 0.790. The molecule has 156 valence electrons. The maximum absolute atomic E-state index is 10.4. The van der Waals surface area contributed by atoms with Crippen LogP contribution in [0.15, 0.2) is 36.4 Å². The van der Waals surface area contributed by atoms with Crippen LogP contribution in [0.3, 0.4) is 0 Å². The zero-order valence-corrected chi connectivity index (χ0v) is 16.1. The summed E-state index contributed by atoms with van der Waals surface area (Å²) in [5.41, 5.74) is 3.53. The first kappa shape index (κ1) is 20.1. The van der Waals surface area contributed by atoms with Gasteiger partial charge in [-0.2, -0.15) is 0 Å². The quantitative estimate of drug-likeness (QED) is 0.512. The van der Waals surface area contributed by atoms with Crippen LogP contribution in [-0.2, 0) is 17.6 Å². The number of benzene rings is 2. The lowest BCUT2D eigenvalue weighted by molar-refractivity contribution is -0.232. The highest BCUT2D eigenvalue weighted by atomic mass is 16.5. The fourth-order valence-corrected chi connectivity index (χ4v) is 4.14. The number of aryl methyl sites for hydroxylation is 1. The second-order valence-electron chi connectivity index (χ2n) is 7.90. The van der Waals surface area contributed by atoms with Crippen molar-refractivity contribution in [2.75, 3.05) is 6.61 Å². The van der Waals surface area contributed by atoms with Crippen molar-refractivity contribution < 1.29 is 35.0 Å². The van der Waals surface area contributed by atoms with Gasteiger partial charge in [-0.1, -0.05) is 23.8 Å². The van der Waals surface area contributed by atoms with Gasteiger partial charge in [0.05, 0.1) is 6.61 Å². The number of hydrogen-bond donors (Lipinski definition) is 5. The minimum absolute atomic E-state index is 0.0426. The van der Waals surface area contributed by atoms with Gasteiger partial charge in [0.1, 0.15) is 48.1 Å². The maximum atomic E-state index is 10.4. The summed E-state index contributed by atoms with van der Waals surface area (Å²) in [5, 5.41) is 50.1. The van der Waals surface area contributed by atoms with Crippen molar-refractivity contribution in [3.05, 3.63) is 58.7 Å². The number of hydrogen-bond acceptors (Lipinski definition) is 7. The SMILES string of the molecule is Cc1ccc2c(c1)CC(Cc1ccc(O)c([C@@H]3OC(CO)[C@@H](O)C(O)[C@H]3O)c1)O2. The molecule has 2 heterocycles. The molecule has 6 atom stereocenters. The lowest BCUT2D eigenvalue weighted by Crippen LogP contribution is -2.55. The highest BCUT2D eigenvalue weighted by molar-refractivity contribution is 5.42. The largest absolute Gasteiger partial charge is 0.508 e. The van der Waals surface area contributed by atoms with E-state index in [1.54, 1.807) is 12.1 Å². The third-order valence-electron chi connectivity index (χ3n) is 5.71. The third-order valence-corrected chi connectivity index (χ3v) is 5.71. The van der Waals surface area contributed by atoms with E-state index < -0.39 is 37.1 Å². The van der Waals surface area contributed by atoms with Crippen LogP contribution in [0.25, 0.3) is 0 Å². The number of aliphatic hydroxyl groups is 4. The second kappa shape index (κ2) is 7.93. The Hall–Kier alpha value is -2.16. The Bertz CT molecular complexity index is 881. The number of rotatable bonds is 4. The third kappa shape index (κ3) is 3.84. The van der Waals surface area contributed by atoms with Crippen molar-refractivity contribution >= 4 is 0 Å².